The molecule has 0 unspecified atom stereocenters. The van der Waals surface area contributed by atoms with Crippen molar-refractivity contribution in [3.8, 4) is 0 Å². The third-order valence-electron chi connectivity index (χ3n) is 5.05. The van der Waals surface area contributed by atoms with Gasteiger partial charge in [0.05, 0.1) is 4.88 Å². The summed E-state index contributed by atoms with van der Waals surface area (Å²) in [5, 5.41) is 4.95. The fourth-order valence-corrected chi connectivity index (χ4v) is 5.78. The number of carbonyl (C=O) groups is 1. The molecule has 3 heterocycles. The molecule has 1 fully saturated rings. The number of hydrogen-bond acceptors (Lipinski definition) is 5. The molecule has 0 aliphatic carbocycles. The molecule has 1 aromatic heterocycles. The molecule has 1 N–H and O–H groups in total. The molecular formula is C20H21N3O3S2. The number of piperidine rings is 1. The zero-order chi connectivity index (χ0) is 19.7. The minimum Gasteiger partial charge on any atom is -0.356 e. The van der Waals surface area contributed by atoms with Gasteiger partial charge in [0.2, 0.25) is 0 Å². The monoisotopic (exact) mass is 415 g/mol. The van der Waals surface area contributed by atoms with E-state index in [0.717, 1.165) is 12.8 Å². The summed E-state index contributed by atoms with van der Waals surface area (Å²) in [7, 11) is -3.69. The molecule has 8 heteroatoms. The van der Waals surface area contributed by atoms with Gasteiger partial charge in [-0.2, -0.15) is 8.42 Å². The Bertz CT molecular complexity index is 1030. The number of amides is 1. The third-order valence-corrected chi connectivity index (χ3v) is 7.39. The molecule has 146 valence electrons. The predicted octanol–water partition coefficient (Wildman–Crippen LogP) is 3.12. The molecular weight excluding hydrogens is 394 g/mol. The van der Waals surface area contributed by atoms with Crippen molar-refractivity contribution in [3.63, 3.8) is 0 Å². The van der Waals surface area contributed by atoms with E-state index < -0.39 is 10.0 Å². The number of nitrogens with zero attached hydrogens (tertiary/aromatic N) is 2. The van der Waals surface area contributed by atoms with E-state index in [1.165, 1.54) is 11.3 Å². The SMILES string of the molecule is CC1=C(c2ccccc2)S(=O)(=O)N=C1N1CCC(NC(=O)c2cccs2)CC1. The fourth-order valence-electron chi connectivity index (χ4n) is 3.67. The Morgan fingerprint density at radius 1 is 1.14 bits per heavy atom. The lowest BCUT2D eigenvalue weighted by Gasteiger charge is -2.33. The van der Waals surface area contributed by atoms with Crippen molar-refractivity contribution >= 4 is 38.0 Å². The zero-order valence-corrected chi connectivity index (χ0v) is 17.1. The Balaban J connectivity index is 1.46. The molecule has 0 saturated carbocycles. The van der Waals surface area contributed by atoms with E-state index in [-0.39, 0.29) is 16.9 Å². The zero-order valence-electron chi connectivity index (χ0n) is 15.5. The Morgan fingerprint density at radius 2 is 1.86 bits per heavy atom. The van der Waals surface area contributed by atoms with Crippen molar-refractivity contribution < 1.29 is 13.2 Å². The number of benzene rings is 1. The van der Waals surface area contributed by atoms with Gasteiger partial charge in [-0.25, -0.2) is 0 Å². The lowest BCUT2D eigenvalue weighted by molar-refractivity contribution is 0.0926. The highest BCUT2D eigenvalue weighted by Gasteiger charge is 2.34. The first-order valence-electron chi connectivity index (χ1n) is 9.16. The van der Waals surface area contributed by atoms with Crippen LogP contribution in [0.3, 0.4) is 0 Å². The maximum Gasteiger partial charge on any atom is 0.285 e. The van der Waals surface area contributed by atoms with E-state index >= 15 is 0 Å². The number of hydrogen-bond donors (Lipinski definition) is 1. The average molecular weight is 416 g/mol. The van der Waals surface area contributed by atoms with Crippen molar-refractivity contribution in [1.82, 2.24) is 10.2 Å². The van der Waals surface area contributed by atoms with E-state index in [0.29, 0.717) is 34.9 Å². The van der Waals surface area contributed by atoms with Crippen LogP contribution >= 0.6 is 11.3 Å². The maximum atomic E-state index is 12.6. The molecule has 1 amide bonds. The van der Waals surface area contributed by atoms with Crippen LogP contribution in [0.2, 0.25) is 0 Å². The summed E-state index contributed by atoms with van der Waals surface area (Å²) in [6.45, 7) is 3.13. The van der Waals surface area contributed by atoms with Gasteiger partial charge in [0.1, 0.15) is 10.7 Å². The van der Waals surface area contributed by atoms with Crippen LogP contribution in [0.25, 0.3) is 4.91 Å². The number of nitrogens with one attached hydrogen (secondary N) is 1. The molecule has 0 bridgehead atoms. The molecule has 28 heavy (non-hydrogen) atoms. The van der Waals surface area contributed by atoms with Gasteiger partial charge in [0, 0.05) is 24.7 Å². The first kappa shape index (κ1) is 18.9. The predicted molar refractivity (Wildman–Crippen MR) is 112 cm³/mol. The number of thiophene rings is 1. The van der Waals surface area contributed by atoms with Crippen LogP contribution in [0, 0.1) is 0 Å². The Labute approximate surface area is 168 Å². The molecule has 2 aliphatic rings. The summed E-state index contributed by atoms with van der Waals surface area (Å²) >= 11 is 1.42. The Morgan fingerprint density at radius 3 is 2.50 bits per heavy atom. The van der Waals surface area contributed by atoms with Crippen molar-refractivity contribution in [2.75, 3.05) is 13.1 Å². The second kappa shape index (κ2) is 7.52. The minimum atomic E-state index is -3.69. The Kier molecular flexibility index (Phi) is 5.07. The smallest absolute Gasteiger partial charge is 0.285 e. The third kappa shape index (κ3) is 3.62. The summed E-state index contributed by atoms with van der Waals surface area (Å²) in [4.78, 5) is 15.2. The lowest BCUT2D eigenvalue weighted by atomic mass is 10.0. The quantitative estimate of drug-likeness (QED) is 0.835. The second-order valence-electron chi connectivity index (χ2n) is 6.92. The van der Waals surface area contributed by atoms with Crippen LogP contribution < -0.4 is 5.32 Å². The molecule has 0 spiro atoms. The van der Waals surface area contributed by atoms with Crippen LogP contribution in [0.15, 0.2) is 57.8 Å². The number of amidine groups is 1. The highest BCUT2D eigenvalue weighted by atomic mass is 32.2. The van der Waals surface area contributed by atoms with Gasteiger partial charge in [-0.3, -0.25) is 4.79 Å². The van der Waals surface area contributed by atoms with Crippen molar-refractivity contribution in [3.05, 3.63) is 63.9 Å². The summed E-state index contributed by atoms with van der Waals surface area (Å²) < 4.78 is 29.3. The van der Waals surface area contributed by atoms with Crippen molar-refractivity contribution in [2.24, 2.45) is 4.40 Å². The molecule has 0 radical (unpaired) electrons. The van der Waals surface area contributed by atoms with Crippen LogP contribution in [0.1, 0.15) is 35.0 Å². The number of likely N-dealkylation sites (tertiary alicyclic amines) is 1. The molecule has 6 nitrogen and oxygen atoms in total. The van der Waals surface area contributed by atoms with Crippen LogP contribution in [0.5, 0.6) is 0 Å². The number of rotatable bonds is 3. The first-order chi connectivity index (χ1) is 13.5. The van der Waals surface area contributed by atoms with Gasteiger partial charge in [-0.15, -0.1) is 15.7 Å². The first-order valence-corrected chi connectivity index (χ1v) is 11.5. The van der Waals surface area contributed by atoms with Gasteiger partial charge in [-0.05, 0) is 36.8 Å². The normalized spacial score (nSPS) is 19.6. The van der Waals surface area contributed by atoms with E-state index in [2.05, 4.69) is 9.71 Å². The molecule has 0 atom stereocenters. The van der Waals surface area contributed by atoms with Crippen molar-refractivity contribution in [2.45, 2.75) is 25.8 Å². The Hall–Kier alpha value is -2.45. The molecule has 4 rings (SSSR count). The average Bonchev–Trinajstić information content (AvgIpc) is 3.30. The maximum absolute atomic E-state index is 12.6. The van der Waals surface area contributed by atoms with Gasteiger partial charge < -0.3 is 10.2 Å². The molecule has 2 aliphatic heterocycles. The van der Waals surface area contributed by atoms with Gasteiger partial charge in [0.15, 0.2) is 0 Å². The van der Waals surface area contributed by atoms with Crippen LogP contribution in [-0.2, 0) is 10.0 Å². The lowest BCUT2D eigenvalue weighted by Crippen LogP contribution is -2.46. The largest absolute Gasteiger partial charge is 0.356 e. The van der Waals surface area contributed by atoms with Gasteiger partial charge in [-0.1, -0.05) is 36.4 Å². The number of carbonyl (C=O) groups excluding carboxylic acids is 1. The summed E-state index contributed by atoms with van der Waals surface area (Å²) in [6, 6.07) is 12.9. The fraction of sp³-hybridized carbons (Fsp3) is 0.300. The van der Waals surface area contributed by atoms with Gasteiger partial charge >= 0.3 is 0 Å². The standard InChI is InChI=1S/C20H21N3O3S2/c1-14-18(15-6-3-2-4-7-15)28(25,26)22-19(14)23-11-9-16(10-12-23)21-20(24)17-8-5-13-27-17/h2-8,13,16H,9-12H2,1H3,(H,21,24). The highest BCUT2D eigenvalue weighted by molar-refractivity contribution is 8.00. The van der Waals surface area contributed by atoms with E-state index in [9.17, 15) is 13.2 Å². The number of sulfonamides is 1. The van der Waals surface area contributed by atoms with Crippen LogP contribution in [-0.4, -0.2) is 44.2 Å². The van der Waals surface area contributed by atoms with Crippen LogP contribution in [0.4, 0.5) is 0 Å². The van der Waals surface area contributed by atoms with E-state index in [1.54, 1.807) is 12.1 Å². The molecule has 1 aromatic carbocycles. The van der Waals surface area contributed by atoms with Gasteiger partial charge in [0.25, 0.3) is 15.9 Å². The minimum absolute atomic E-state index is 0.0447. The van der Waals surface area contributed by atoms with Crippen molar-refractivity contribution in [1.29, 1.82) is 0 Å². The summed E-state index contributed by atoms with van der Waals surface area (Å²) in [5.74, 6) is 0.485. The second-order valence-corrected chi connectivity index (χ2v) is 9.41. The highest BCUT2D eigenvalue weighted by Crippen LogP contribution is 2.34. The summed E-state index contributed by atoms with van der Waals surface area (Å²) in [5.41, 5.74) is 1.35. The topological polar surface area (TPSA) is 78.8 Å². The van der Waals surface area contributed by atoms with E-state index in [4.69, 9.17) is 0 Å². The summed E-state index contributed by atoms with van der Waals surface area (Å²) in [6.07, 6.45) is 1.51. The molecule has 2 aromatic rings. The molecule has 1 saturated heterocycles. The van der Waals surface area contributed by atoms with E-state index in [1.807, 2.05) is 47.5 Å².